The van der Waals surface area contributed by atoms with Gasteiger partial charge in [0.1, 0.15) is 16.2 Å². The van der Waals surface area contributed by atoms with Crippen LogP contribution >= 0.6 is 11.3 Å². The summed E-state index contributed by atoms with van der Waals surface area (Å²) in [4.78, 5) is 46.2. The van der Waals surface area contributed by atoms with E-state index in [9.17, 15) is 14.4 Å². The molecule has 184 valence electrons. The summed E-state index contributed by atoms with van der Waals surface area (Å²) in [6, 6.07) is 13.3. The average molecular weight is 505 g/mol. The molecule has 5 rings (SSSR count). The topological polar surface area (TPSA) is 98.9 Å². The molecule has 0 saturated heterocycles. The summed E-state index contributed by atoms with van der Waals surface area (Å²) in [7, 11) is 0. The first-order chi connectivity index (χ1) is 17.4. The number of para-hydroxylation sites is 1. The van der Waals surface area contributed by atoms with Crippen molar-refractivity contribution in [3.8, 4) is 5.75 Å². The molecular formula is C27H24N2O6S. The maximum Gasteiger partial charge on any atom is 0.350 e. The lowest BCUT2D eigenvalue weighted by atomic mass is 9.98. The number of hydrogen-bond donors (Lipinski definition) is 0. The van der Waals surface area contributed by atoms with Gasteiger partial charge in [-0.1, -0.05) is 42.5 Å². The maximum absolute atomic E-state index is 13.8. The van der Waals surface area contributed by atoms with Crippen LogP contribution in [0.2, 0.25) is 0 Å². The molecule has 4 aromatic rings. The molecule has 0 saturated carbocycles. The molecule has 0 aliphatic carbocycles. The van der Waals surface area contributed by atoms with Crippen LogP contribution in [-0.4, -0.2) is 30.1 Å². The Kier molecular flexibility index (Phi) is 6.32. The van der Waals surface area contributed by atoms with Crippen LogP contribution in [0.4, 0.5) is 5.13 Å². The van der Waals surface area contributed by atoms with Crippen molar-refractivity contribution in [1.82, 2.24) is 4.98 Å². The van der Waals surface area contributed by atoms with Gasteiger partial charge in [-0.2, -0.15) is 0 Å². The van der Waals surface area contributed by atoms with Crippen molar-refractivity contribution in [3.05, 3.63) is 86.2 Å². The second kappa shape index (κ2) is 9.58. The molecule has 1 atom stereocenters. The van der Waals surface area contributed by atoms with Gasteiger partial charge in [-0.25, -0.2) is 9.78 Å². The second-order valence-corrected chi connectivity index (χ2v) is 9.28. The zero-order valence-corrected chi connectivity index (χ0v) is 20.9. The average Bonchev–Trinajstić information content (AvgIpc) is 3.40. The molecule has 0 fully saturated rings. The molecule has 1 aliphatic heterocycles. The number of anilines is 1. The monoisotopic (exact) mass is 504 g/mol. The predicted molar refractivity (Wildman–Crippen MR) is 136 cm³/mol. The van der Waals surface area contributed by atoms with E-state index in [1.807, 2.05) is 31.2 Å². The van der Waals surface area contributed by atoms with Gasteiger partial charge >= 0.3 is 5.97 Å². The van der Waals surface area contributed by atoms with Gasteiger partial charge in [0, 0.05) is 0 Å². The van der Waals surface area contributed by atoms with Crippen molar-refractivity contribution < 1.29 is 23.5 Å². The SMILES string of the molecule is CCCOc1cccc([C@@H]2c3c(oc4ccccc4c3=O)C(=O)N2c2nc(C)c(C(=O)OCC)s2)c1. The number of ether oxygens (including phenoxy) is 2. The Hall–Kier alpha value is -3.98. The number of amides is 1. The van der Waals surface area contributed by atoms with Crippen molar-refractivity contribution in [2.45, 2.75) is 33.2 Å². The first kappa shape index (κ1) is 23.7. The van der Waals surface area contributed by atoms with Crippen molar-refractivity contribution in [3.63, 3.8) is 0 Å². The Morgan fingerprint density at radius 3 is 2.72 bits per heavy atom. The van der Waals surface area contributed by atoms with E-state index in [1.165, 1.54) is 4.90 Å². The molecule has 0 unspecified atom stereocenters. The normalized spacial score (nSPS) is 14.8. The van der Waals surface area contributed by atoms with E-state index in [4.69, 9.17) is 13.9 Å². The van der Waals surface area contributed by atoms with E-state index in [0.717, 1.165) is 17.8 Å². The van der Waals surface area contributed by atoms with Gasteiger partial charge in [-0.15, -0.1) is 0 Å². The summed E-state index contributed by atoms with van der Waals surface area (Å²) in [5.41, 5.74) is 1.39. The van der Waals surface area contributed by atoms with Crippen molar-refractivity contribution >= 4 is 39.3 Å². The summed E-state index contributed by atoms with van der Waals surface area (Å²) in [5, 5.41) is 0.664. The van der Waals surface area contributed by atoms with E-state index in [-0.39, 0.29) is 28.5 Å². The first-order valence-electron chi connectivity index (χ1n) is 11.7. The zero-order chi connectivity index (χ0) is 25.4. The number of rotatable bonds is 7. The fourth-order valence-electron chi connectivity index (χ4n) is 4.30. The number of carbonyl (C=O) groups is 2. The Morgan fingerprint density at radius 2 is 1.94 bits per heavy atom. The number of carbonyl (C=O) groups excluding carboxylic acids is 2. The number of nitrogens with zero attached hydrogens (tertiary/aromatic N) is 2. The number of benzene rings is 2. The highest BCUT2D eigenvalue weighted by molar-refractivity contribution is 7.17. The Balaban J connectivity index is 1.71. The minimum atomic E-state index is -0.806. The molecule has 2 aromatic carbocycles. The van der Waals surface area contributed by atoms with Gasteiger partial charge in [0.25, 0.3) is 5.91 Å². The maximum atomic E-state index is 13.8. The number of hydrogen-bond acceptors (Lipinski definition) is 8. The van der Waals surface area contributed by atoms with E-state index >= 15 is 0 Å². The van der Waals surface area contributed by atoms with Gasteiger partial charge in [0.05, 0.1) is 35.9 Å². The molecule has 0 bridgehead atoms. The Labute approximate surface area is 211 Å². The molecule has 2 aromatic heterocycles. The van der Waals surface area contributed by atoms with Crippen LogP contribution in [-0.2, 0) is 4.74 Å². The predicted octanol–water partition coefficient (Wildman–Crippen LogP) is 5.27. The number of aromatic nitrogens is 1. The highest BCUT2D eigenvalue weighted by Crippen LogP contribution is 2.43. The van der Waals surface area contributed by atoms with Crippen LogP contribution < -0.4 is 15.1 Å². The van der Waals surface area contributed by atoms with Crippen molar-refractivity contribution in [2.75, 3.05) is 18.1 Å². The largest absolute Gasteiger partial charge is 0.494 e. The fourth-order valence-corrected chi connectivity index (χ4v) is 5.29. The molecule has 0 spiro atoms. The molecule has 0 N–H and O–H groups in total. The van der Waals surface area contributed by atoms with Crippen LogP contribution in [0.1, 0.15) is 63.4 Å². The lowest BCUT2D eigenvalue weighted by Gasteiger charge is -2.23. The van der Waals surface area contributed by atoms with Crippen LogP contribution in [0, 0.1) is 6.92 Å². The summed E-state index contributed by atoms with van der Waals surface area (Å²) in [5.74, 6) is -0.409. The van der Waals surface area contributed by atoms with E-state index in [0.29, 0.717) is 39.5 Å². The second-order valence-electron chi connectivity index (χ2n) is 8.30. The molecule has 1 amide bonds. The van der Waals surface area contributed by atoms with Crippen LogP contribution in [0.3, 0.4) is 0 Å². The molecule has 0 radical (unpaired) electrons. The van der Waals surface area contributed by atoms with Crippen LogP contribution in [0.25, 0.3) is 11.0 Å². The standard InChI is InChI=1S/C27H24N2O6S/c1-4-13-34-17-10-8-9-16(14-17)21-20-22(30)18-11-6-7-12-19(18)35-23(20)25(31)29(21)27-28-15(3)24(36-27)26(32)33-5-2/h6-12,14,21H,4-5,13H2,1-3H3/t21-/m1/s1. The number of fused-ring (bicyclic) bond motifs is 2. The first-order valence-corrected chi connectivity index (χ1v) is 12.5. The third-order valence-corrected chi connectivity index (χ3v) is 7.01. The van der Waals surface area contributed by atoms with Gasteiger partial charge in [0.2, 0.25) is 5.76 Å². The molecular weight excluding hydrogens is 480 g/mol. The highest BCUT2D eigenvalue weighted by Gasteiger charge is 2.45. The molecule has 1 aliphatic rings. The summed E-state index contributed by atoms with van der Waals surface area (Å²) < 4.78 is 16.9. The van der Waals surface area contributed by atoms with Crippen LogP contribution in [0.5, 0.6) is 5.75 Å². The fraction of sp³-hybridized carbons (Fsp3) is 0.259. The number of esters is 1. The van der Waals surface area contributed by atoms with E-state index in [2.05, 4.69) is 4.98 Å². The van der Waals surface area contributed by atoms with Gasteiger partial charge in [0.15, 0.2) is 10.6 Å². The van der Waals surface area contributed by atoms with Crippen molar-refractivity contribution in [2.24, 2.45) is 0 Å². The Bertz CT molecular complexity index is 1540. The molecule has 9 heteroatoms. The zero-order valence-electron chi connectivity index (χ0n) is 20.1. The minimum Gasteiger partial charge on any atom is -0.494 e. The Morgan fingerprint density at radius 1 is 1.14 bits per heavy atom. The minimum absolute atomic E-state index is 0.0332. The molecule has 36 heavy (non-hydrogen) atoms. The third kappa shape index (κ3) is 3.95. The lowest BCUT2D eigenvalue weighted by Crippen LogP contribution is -2.29. The summed E-state index contributed by atoms with van der Waals surface area (Å²) >= 11 is 1.05. The van der Waals surface area contributed by atoms with Gasteiger partial charge < -0.3 is 13.9 Å². The quantitative estimate of drug-likeness (QED) is 0.316. The smallest absolute Gasteiger partial charge is 0.350 e. The van der Waals surface area contributed by atoms with Crippen LogP contribution in [0.15, 0.2) is 57.7 Å². The molecule has 8 nitrogen and oxygen atoms in total. The third-order valence-electron chi connectivity index (χ3n) is 5.88. The van der Waals surface area contributed by atoms with E-state index < -0.39 is 17.9 Å². The van der Waals surface area contributed by atoms with Crippen molar-refractivity contribution in [1.29, 1.82) is 0 Å². The van der Waals surface area contributed by atoms with Gasteiger partial charge in [-0.05, 0) is 50.1 Å². The number of thiazole rings is 1. The summed E-state index contributed by atoms with van der Waals surface area (Å²) in [6.07, 6.45) is 0.839. The highest BCUT2D eigenvalue weighted by atomic mass is 32.1. The number of aryl methyl sites for hydroxylation is 1. The van der Waals surface area contributed by atoms with E-state index in [1.54, 1.807) is 38.1 Å². The van der Waals surface area contributed by atoms with Gasteiger partial charge in [-0.3, -0.25) is 14.5 Å². The molecule has 3 heterocycles. The lowest BCUT2D eigenvalue weighted by molar-refractivity contribution is 0.0531. The summed E-state index contributed by atoms with van der Waals surface area (Å²) in [6.45, 7) is 6.18.